The second-order valence-corrected chi connectivity index (χ2v) is 12.7. The summed E-state index contributed by atoms with van der Waals surface area (Å²) >= 11 is 0. The van der Waals surface area contributed by atoms with Crippen LogP contribution in [0.5, 0.6) is 5.75 Å². The number of aliphatic imine (C=N–C) groups is 1. The van der Waals surface area contributed by atoms with E-state index in [4.69, 9.17) is 15.5 Å². The number of fused-ring (bicyclic) bond motifs is 1. The highest BCUT2D eigenvalue weighted by atomic mass is 32.2. The number of nitrogens with zero attached hydrogens (tertiary/aromatic N) is 3. The van der Waals surface area contributed by atoms with Crippen molar-refractivity contribution < 1.29 is 13.2 Å². The molecule has 228 valence electrons. The molecule has 1 saturated carbocycles. The number of anilines is 2. The summed E-state index contributed by atoms with van der Waals surface area (Å²) in [6.45, 7) is 7.57. The van der Waals surface area contributed by atoms with E-state index in [0.29, 0.717) is 39.6 Å². The van der Waals surface area contributed by atoms with Gasteiger partial charge in [-0.05, 0) is 69.5 Å². The van der Waals surface area contributed by atoms with Crippen molar-refractivity contribution in [2.45, 2.75) is 57.4 Å². The topological polar surface area (TPSA) is 132 Å². The summed E-state index contributed by atoms with van der Waals surface area (Å²) in [5, 5.41) is 4.88. The molecule has 1 aliphatic carbocycles. The van der Waals surface area contributed by atoms with Gasteiger partial charge in [-0.25, -0.2) is 23.4 Å². The highest BCUT2D eigenvalue weighted by Gasteiger charge is 2.21. The summed E-state index contributed by atoms with van der Waals surface area (Å²) in [6.07, 6.45) is 9.36. The highest BCUT2D eigenvalue weighted by molar-refractivity contribution is 7.91. The molecule has 10 heteroatoms. The van der Waals surface area contributed by atoms with E-state index >= 15 is 0 Å². The highest BCUT2D eigenvalue weighted by Crippen LogP contribution is 2.38. The molecular formula is C34H38N6O3S. The molecule has 9 nitrogen and oxygen atoms in total. The molecule has 0 bridgehead atoms. The zero-order valence-electron chi connectivity index (χ0n) is 25.0. The minimum absolute atomic E-state index is 0.135. The summed E-state index contributed by atoms with van der Waals surface area (Å²) in [4.78, 5) is 13.5. The number of sulfonamides is 1. The van der Waals surface area contributed by atoms with E-state index in [1.165, 1.54) is 0 Å². The molecule has 4 aromatic rings. The Balaban J connectivity index is 1.48. The number of nitrogens with one attached hydrogen (secondary N) is 2. The van der Waals surface area contributed by atoms with Gasteiger partial charge in [-0.15, -0.1) is 0 Å². The van der Waals surface area contributed by atoms with Crippen LogP contribution in [-0.2, 0) is 15.8 Å². The molecule has 1 aliphatic rings. The van der Waals surface area contributed by atoms with Gasteiger partial charge in [0.2, 0.25) is 21.9 Å². The van der Waals surface area contributed by atoms with Gasteiger partial charge in [0.05, 0.1) is 22.7 Å². The van der Waals surface area contributed by atoms with Crippen LogP contribution in [0, 0.1) is 6.92 Å². The van der Waals surface area contributed by atoms with Crippen LogP contribution in [0.25, 0.3) is 16.3 Å². The second-order valence-electron chi connectivity index (χ2n) is 11.0. The number of hydrogen-bond acceptors (Lipinski definition) is 8. The van der Waals surface area contributed by atoms with Gasteiger partial charge in [0.25, 0.3) is 0 Å². The number of ether oxygens (including phenoxy) is 1. The zero-order chi connectivity index (χ0) is 31.1. The van der Waals surface area contributed by atoms with Gasteiger partial charge in [0.15, 0.2) is 0 Å². The molecule has 0 aliphatic heterocycles. The van der Waals surface area contributed by atoms with Crippen molar-refractivity contribution in [3.05, 3.63) is 108 Å². The number of allylic oxidation sites excluding steroid dienone is 3. The first kappa shape index (κ1) is 30.9. The molecule has 1 fully saturated rings. The van der Waals surface area contributed by atoms with Crippen LogP contribution in [0.2, 0.25) is 0 Å². The summed E-state index contributed by atoms with van der Waals surface area (Å²) in [7, 11) is -3.68. The number of rotatable bonds is 11. The molecule has 0 unspecified atom stereocenters. The smallest absolute Gasteiger partial charge is 0.236 e. The fourth-order valence-electron chi connectivity index (χ4n) is 5.43. The predicted molar refractivity (Wildman–Crippen MR) is 179 cm³/mol. The third kappa shape index (κ3) is 7.50. The summed E-state index contributed by atoms with van der Waals surface area (Å²) in [6, 6.07) is 20.7. The molecule has 0 amide bonds. The molecule has 0 spiro atoms. The van der Waals surface area contributed by atoms with Crippen LogP contribution in [0.4, 0.5) is 11.6 Å². The lowest BCUT2D eigenvalue weighted by molar-refractivity contribution is 0.410. The van der Waals surface area contributed by atoms with Crippen LogP contribution in [0.15, 0.2) is 96.0 Å². The summed E-state index contributed by atoms with van der Waals surface area (Å²) in [5.74, 6) is 1.20. The van der Waals surface area contributed by atoms with Crippen LogP contribution in [0.3, 0.4) is 0 Å². The molecule has 4 N–H and O–H groups in total. The molecule has 0 radical (unpaired) electrons. The van der Waals surface area contributed by atoms with Crippen molar-refractivity contribution in [2.24, 2.45) is 10.7 Å². The van der Waals surface area contributed by atoms with Gasteiger partial charge in [-0.1, -0.05) is 66.7 Å². The Morgan fingerprint density at radius 1 is 1.07 bits per heavy atom. The molecule has 3 aromatic carbocycles. The number of nitrogens with two attached hydrogens (primary N) is 1. The standard InChI is InChI=1S/C34H38N6O3S/c1-4-10-29(30-19-20-37-34(39-30)38-26-17-15-25(35)16-18-26)33(36-3)43-32-23(2)21-31(27-13-8-9-14-28(27)32)40-44(41,42)22-24-11-6-5-7-12-24/h4-14,19-21,25-26,40H,3,15-18,22,35H2,1-2H3,(H,37,38,39)/b10-4-,33-29-. The normalized spacial score (nSPS) is 17.7. The minimum Gasteiger partial charge on any atom is -0.437 e. The van der Waals surface area contributed by atoms with E-state index in [1.807, 2.05) is 68.5 Å². The number of benzene rings is 3. The van der Waals surface area contributed by atoms with Crippen molar-refractivity contribution in [3.63, 3.8) is 0 Å². The van der Waals surface area contributed by atoms with E-state index in [1.54, 1.807) is 30.5 Å². The van der Waals surface area contributed by atoms with Crippen molar-refractivity contribution in [1.82, 2.24) is 9.97 Å². The van der Waals surface area contributed by atoms with Gasteiger partial charge in [0, 0.05) is 29.1 Å². The van der Waals surface area contributed by atoms with Crippen LogP contribution in [-0.4, -0.2) is 37.2 Å². The average molecular weight is 611 g/mol. The third-order valence-corrected chi connectivity index (χ3v) is 8.83. The van der Waals surface area contributed by atoms with Gasteiger partial charge >= 0.3 is 0 Å². The summed E-state index contributed by atoms with van der Waals surface area (Å²) < 4.78 is 35.5. The molecule has 0 saturated heterocycles. The maximum atomic E-state index is 13.1. The van der Waals surface area contributed by atoms with Crippen molar-refractivity contribution in [2.75, 3.05) is 10.0 Å². The quantitative estimate of drug-likeness (QED) is 0.0992. The Morgan fingerprint density at radius 3 is 2.48 bits per heavy atom. The molecule has 0 atom stereocenters. The first-order valence-electron chi connectivity index (χ1n) is 14.7. The maximum absolute atomic E-state index is 13.1. The monoisotopic (exact) mass is 610 g/mol. The SMILES string of the molecule is C=N/C(Oc1c(C)cc(NS(=O)(=O)Cc2ccccc2)c2ccccc12)=C(\C=C/C)c1ccnc(NC2CCC(N)CC2)n1. The average Bonchev–Trinajstić information content (AvgIpc) is 3.01. The lowest BCUT2D eigenvalue weighted by Crippen LogP contribution is -2.33. The van der Waals surface area contributed by atoms with Crippen LogP contribution in [0.1, 0.15) is 49.4 Å². The maximum Gasteiger partial charge on any atom is 0.236 e. The lowest BCUT2D eigenvalue weighted by atomic mass is 9.92. The first-order valence-corrected chi connectivity index (χ1v) is 16.4. The van der Waals surface area contributed by atoms with Crippen molar-refractivity contribution in [1.29, 1.82) is 0 Å². The first-order chi connectivity index (χ1) is 21.3. The van der Waals surface area contributed by atoms with Gasteiger partial charge < -0.3 is 15.8 Å². The fraction of sp³-hybridized carbons (Fsp3) is 0.265. The fourth-order valence-corrected chi connectivity index (χ4v) is 6.64. The second kappa shape index (κ2) is 13.8. The largest absolute Gasteiger partial charge is 0.437 e. The summed E-state index contributed by atoms with van der Waals surface area (Å²) in [5.41, 5.74) is 9.24. The van der Waals surface area contributed by atoms with E-state index in [2.05, 4.69) is 26.7 Å². The van der Waals surface area contributed by atoms with Gasteiger partial charge in [-0.3, -0.25) is 4.72 Å². The van der Waals surface area contributed by atoms with Crippen molar-refractivity contribution >= 4 is 44.7 Å². The molecular weight excluding hydrogens is 572 g/mol. The number of aryl methyl sites for hydroxylation is 1. The van der Waals surface area contributed by atoms with Crippen LogP contribution >= 0.6 is 0 Å². The molecule has 1 heterocycles. The Hall–Kier alpha value is -4.54. The minimum atomic E-state index is -3.68. The van der Waals surface area contributed by atoms with E-state index in [9.17, 15) is 8.42 Å². The predicted octanol–water partition coefficient (Wildman–Crippen LogP) is 6.59. The van der Waals surface area contributed by atoms with E-state index in [0.717, 1.165) is 36.6 Å². The number of aromatic nitrogens is 2. The van der Waals surface area contributed by atoms with Gasteiger partial charge in [0.1, 0.15) is 5.75 Å². The third-order valence-electron chi connectivity index (χ3n) is 7.59. The zero-order valence-corrected chi connectivity index (χ0v) is 25.8. The van der Waals surface area contributed by atoms with Crippen LogP contribution < -0.4 is 20.5 Å². The van der Waals surface area contributed by atoms with Gasteiger partial charge in [-0.2, -0.15) is 0 Å². The lowest BCUT2D eigenvalue weighted by Gasteiger charge is -2.26. The Morgan fingerprint density at radius 2 is 1.77 bits per heavy atom. The van der Waals surface area contributed by atoms with E-state index in [-0.39, 0.29) is 23.7 Å². The Kier molecular flexibility index (Phi) is 9.72. The van der Waals surface area contributed by atoms with E-state index < -0.39 is 10.0 Å². The molecule has 5 rings (SSSR count). The van der Waals surface area contributed by atoms with Crippen molar-refractivity contribution in [3.8, 4) is 5.75 Å². The Bertz CT molecular complexity index is 1800. The molecule has 44 heavy (non-hydrogen) atoms. The number of hydrogen-bond donors (Lipinski definition) is 3. The molecule has 1 aromatic heterocycles. The Labute approximate surface area is 259 Å².